The van der Waals surface area contributed by atoms with Crippen molar-refractivity contribution in [2.75, 3.05) is 18.9 Å². The van der Waals surface area contributed by atoms with E-state index in [9.17, 15) is 4.21 Å². The van der Waals surface area contributed by atoms with Crippen LogP contribution in [-0.2, 0) is 15.5 Å². The van der Waals surface area contributed by atoms with Gasteiger partial charge in [-0.3, -0.25) is 4.21 Å². The van der Waals surface area contributed by atoms with Crippen molar-refractivity contribution in [2.45, 2.75) is 63.9 Å². The third-order valence-electron chi connectivity index (χ3n) is 3.33. The van der Waals surface area contributed by atoms with Gasteiger partial charge < -0.3 is 10.1 Å². The van der Waals surface area contributed by atoms with Crippen molar-refractivity contribution in [1.82, 2.24) is 5.32 Å². The Hall–Kier alpha value is 0.0700. The van der Waals surface area contributed by atoms with E-state index in [1.165, 1.54) is 0 Å². The van der Waals surface area contributed by atoms with Crippen molar-refractivity contribution in [2.24, 2.45) is 0 Å². The van der Waals surface area contributed by atoms with Gasteiger partial charge in [0.1, 0.15) is 0 Å². The van der Waals surface area contributed by atoms with Gasteiger partial charge in [-0.2, -0.15) is 0 Å². The first-order valence-electron chi connectivity index (χ1n) is 6.91. The number of hydrogen-bond donors (Lipinski definition) is 1. The van der Waals surface area contributed by atoms with E-state index < -0.39 is 10.8 Å². The summed E-state index contributed by atoms with van der Waals surface area (Å²) in [6.07, 6.45) is 4.53. The molecule has 0 aromatic rings. The van der Waals surface area contributed by atoms with Crippen LogP contribution in [0.15, 0.2) is 0 Å². The molecule has 0 saturated carbocycles. The van der Waals surface area contributed by atoms with Crippen LogP contribution >= 0.6 is 0 Å². The lowest BCUT2D eigenvalue weighted by molar-refractivity contribution is 0.127. The van der Waals surface area contributed by atoms with Crippen molar-refractivity contribution in [3.8, 4) is 0 Å². The van der Waals surface area contributed by atoms with Gasteiger partial charge >= 0.3 is 0 Å². The van der Waals surface area contributed by atoms with E-state index in [1.807, 2.05) is 6.92 Å². The van der Waals surface area contributed by atoms with Crippen LogP contribution in [0.4, 0.5) is 0 Å². The average Bonchev–Trinajstić information content (AvgIpc) is 2.72. The van der Waals surface area contributed by atoms with Crippen molar-refractivity contribution < 1.29 is 8.95 Å². The highest BCUT2D eigenvalue weighted by Crippen LogP contribution is 2.19. The largest absolute Gasteiger partial charge is 0.377 e. The van der Waals surface area contributed by atoms with Gasteiger partial charge in [0.15, 0.2) is 0 Å². The first kappa shape index (κ1) is 15.1. The third-order valence-corrected chi connectivity index (χ3v) is 5.36. The van der Waals surface area contributed by atoms with Crippen LogP contribution < -0.4 is 5.32 Å². The molecule has 0 radical (unpaired) electrons. The Labute approximate surface area is 108 Å². The summed E-state index contributed by atoms with van der Waals surface area (Å²) >= 11 is 0. The molecule has 4 unspecified atom stereocenters. The Morgan fingerprint density at radius 1 is 1.41 bits per heavy atom. The second kappa shape index (κ2) is 8.22. The topological polar surface area (TPSA) is 38.3 Å². The lowest BCUT2D eigenvalue weighted by Gasteiger charge is -2.20. The van der Waals surface area contributed by atoms with Crippen molar-refractivity contribution in [3.05, 3.63) is 0 Å². The average molecular weight is 261 g/mol. The van der Waals surface area contributed by atoms with Gasteiger partial charge in [0.2, 0.25) is 0 Å². The highest BCUT2D eigenvalue weighted by molar-refractivity contribution is 7.85. The summed E-state index contributed by atoms with van der Waals surface area (Å²) in [4.78, 5) is 0. The normalized spacial score (nSPS) is 28.2. The molecule has 4 atom stereocenters. The highest BCUT2D eigenvalue weighted by Gasteiger charge is 2.30. The molecule has 0 aromatic carbocycles. The molecule has 102 valence electrons. The SMILES string of the molecule is CCCNC(CCC)CS(=O)C1CCOC1C. The van der Waals surface area contributed by atoms with Crippen LogP contribution in [0.3, 0.4) is 0 Å². The number of hydrogen-bond acceptors (Lipinski definition) is 3. The van der Waals surface area contributed by atoms with Crippen LogP contribution in [0.5, 0.6) is 0 Å². The van der Waals surface area contributed by atoms with E-state index in [4.69, 9.17) is 4.74 Å². The van der Waals surface area contributed by atoms with Gasteiger partial charge in [-0.1, -0.05) is 20.3 Å². The third kappa shape index (κ3) is 5.06. The second-order valence-electron chi connectivity index (χ2n) is 4.89. The van der Waals surface area contributed by atoms with Gasteiger partial charge in [0.05, 0.1) is 11.4 Å². The van der Waals surface area contributed by atoms with Crippen LogP contribution in [-0.4, -0.2) is 40.5 Å². The minimum Gasteiger partial charge on any atom is -0.377 e. The van der Waals surface area contributed by atoms with Crippen LogP contribution in [0.25, 0.3) is 0 Å². The summed E-state index contributed by atoms with van der Waals surface area (Å²) in [5, 5.41) is 3.75. The maximum Gasteiger partial charge on any atom is 0.0691 e. The summed E-state index contributed by atoms with van der Waals surface area (Å²) in [5.41, 5.74) is 0. The Balaban J connectivity index is 2.39. The Kier molecular flexibility index (Phi) is 7.32. The standard InChI is InChI=1S/C13H27NO2S/c1-4-6-12(14-8-5-2)10-17(15)13-7-9-16-11(13)3/h11-14H,4-10H2,1-3H3. The predicted octanol–water partition coefficient (Wildman–Crippen LogP) is 2.08. The van der Waals surface area contributed by atoms with Gasteiger partial charge in [0, 0.05) is 29.2 Å². The fraction of sp³-hybridized carbons (Fsp3) is 1.00. The zero-order valence-corrected chi connectivity index (χ0v) is 12.2. The van der Waals surface area contributed by atoms with Gasteiger partial charge in [-0.15, -0.1) is 0 Å². The highest BCUT2D eigenvalue weighted by atomic mass is 32.2. The summed E-state index contributed by atoms with van der Waals surface area (Å²) in [7, 11) is -0.748. The maximum atomic E-state index is 12.3. The molecule has 1 aliphatic heterocycles. The zero-order chi connectivity index (χ0) is 12.7. The van der Waals surface area contributed by atoms with Crippen molar-refractivity contribution >= 4 is 10.8 Å². The summed E-state index contributed by atoms with van der Waals surface area (Å²) < 4.78 is 17.8. The molecule has 1 rings (SSSR count). The van der Waals surface area contributed by atoms with E-state index in [2.05, 4.69) is 19.2 Å². The van der Waals surface area contributed by atoms with E-state index >= 15 is 0 Å². The minimum atomic E-state index is -0.748. The van der Waals surface area contributed by atoms with Crippen LogP contribution in [0.1, 0.15) is 46.5 Å². The monoisotopic (exact) mass is 261 g/mol. The quantitative estimate of drug-likeness (QED) is 0.727. The molecule has 4 heteroatoms. The van der Waals surface area contributed by atoms with Crippen molar-refractivity contribution in [1.29, 1.82) is 0 Å². The lowest BCUT2D eigenvalue weighted by Crippen LogP contribution is -2.38. The summed E-state index contributed by atoms with van der Waals surface area (Å²) in [5.74, 6) is 0.784. The Morgan fingerprint density at radius 3 is 2.71 bits per heavy atom. The molecule has 0 aromatic heterocycles. The molecule has 1 aliphatic rings. The molecule has 1 heterocycles. The van der Waals surface area contributed by atoms with Gasteiger partial charge in [-0.25, -0.2) is 0 Å². The van der Waals surface area contributed by atoms with Crippen LogP contribution in [0, 0.1) is 0 Å². The van der Waals surface area contributed by atoms with E-state index in [0.29, 0.717) is 6.04 Å². The predicted molar refractivity (Wildman–Crippen MR) is 73.8 cm³/mol. The molecule has 1 saturated heterocycles. The van der Waals surface area contributed by atoms with Crippen molar-refractivity contribution in [3.63, 3.8) is 0 Å². The van der Waals surface area contributed by atoms with Gasteiger partial charge in [-0.05, 0) is 32.7 Å². The fourth-order valence-corrected chi connectivity index (χ4v) is 4.11. The number of nitrogens with one attached hydrogen (secondary N) is 1. The maximum absolute atomic E-state index is 12.3. The molecular weight excluding hydrogens is 234 g/mol. The summed E-state index contributed by atoms with van der Waals surface area (Å²) in [6.45, 7) is 8.20. The molecule has 0 amide bonds. The Bertz CT molecular complexity index is 235. The summed E-state index contributed by atoms with van der Waals surface area (Å²) in [6, 6.07) is 0.411. The number of ether oxygens (including phenoxy) is 1. The molecule has 0 bridgehead atoms. The molecule has 1 fully saturated rings. The van der Waals surface area contributed by atoms with Gasteiger partial charge in [0.25, 0.3) is 0 Å². The molecule has 17 heavy (non-hydrogen) atoms. The second-order valence-corrected chi connectivity index (χ2v) is 6.59. The lowest BCUT2D eigenvalue weighted by atomic mass is 10.2. The molecule has 0 aliphatic carbocycles. The van der Waals surface area contributed by atoms with Crippen LogP contribution in [0.2, 0.25) is 0 Å². The zero-order valence-electron chi connectivity index (χ0n) is 11.4. The van der Waals surface area contributed by atoms with E-state index in [1.54, 1.807) is 0 Å². The number of rotatable bonds is 8. The molecule has 0 spiro atoms. The molecule has 3 nitrogen and oxygen atoms in total. The molecule has 1 N–H and O–H groups in total. The first-order valence-corrected chi connectivity index (χ1v) is 8.29. The smallest absolute Gasteiger partial charge is 0.0691 e. The Morgan fingerprint density at radius 2 is 2.18 bits per heavy atom. The molecular formula is C13H27NO2S. The van der Waals surface area contributed by atoms with E-state index in [0.717, 1.165) is 44.6 Å². The fourth-order valence-electron chi connectivity index (χ4n) is 2.32. The van der Waals surface area contributed by atoms with E-state index in [-0.39, 0.29) is 11.4 Å². The first-order chi connectivity index (χ1) is 8.19. The minimum absolute atomic E-state index is 0.171.